The van der Waals surface area contributed by atoms with Gasteiger partial charge in [-0.05, 0) is 19.1 Å². The zero-order valence-electron chi connectivity index (χ0n) is 13.4. The highest BCUT2D eigenvalue weighted by Crippen LogP contribution is 2.33. The number of nitrogens with one attached hydrogen (secondary N) is 2. The Hall–Kier alpha value is -2.08. The Morgan fingerprint density at radius 2 is 2.17 bits per heavy atom. The summed E-state index contributed by atoms with van der Waals surface area (Å²) in [5.74, 6) is 0.866. The summed E-state index contributed by atoms with van der Waals surface area (Å²) in [5, 5.41) is 6.15. The van der Waals surface area contributed by atoms with E-state index in [9.17, 15) is 9.59 Å². The minimum atomic E-state index is -0.287. The van der Waals surface area contributed by atoms with Crippen LogP contribution < -0.4 is 20.3 Å². The number of anilines is 1. The molecule has 0 aromatic heterocycles. The number of carbonyl (C=O) groups excluding carboxylic acids is 2. The first kappa shape index (κ1) is 15.8. The predicted molar refractivity (Wildman–Crippen MR) is 87.4 cm³/mol. The smallest absolute Gasteiger partial charge is 0.227 e. The molecule has 2 aliphatic heterocycles. The number of para-hydroxylation sites is 2. The van der Waals surface area contributed by atoms with Crippen LogP contribution in [0.4, 0.5) is 5.69 Å². The summed E-state index contributed by atoms with van der Waals surface area (Å²) in [6, 6.07) is 7.47. The molecule has 2 N–H and O–H groups in total. The Kier molecular flexibility index (Phi) is 4.81. The average Bonchev–Trinajstić information content (AvgIpc) is 2.88. The summed E-state index contributed by atoms with van der Waals surface area (Å²) < 4.78 is 5.59. The van der Waals surface area contributed by atoms with Crippen LogP contribution in [-0.4, -0.2) is 44.6 Å². The third-order valence-corrected chi connectivity index (χ3v) is 4.38. The minimum absolute atomic E-state index is 0.0254. The van der Waals surface area contributed by atoms with E-state index >= 15 is 0 Å². The molecule has 1 unspecified atom stereocenters. The lowest BCUT2D eigenvalue weighted by Gasteiger charge is -2.27. The molecule has 2 fully saturated rings. The lowest BCUT2D eigenvalue weighted by atomic mass is 10.0. The third-order valence-electron chi connectivity index (χ3n) is 4.38. The summed E-state index contributed by atoms with van der Waals surface area (Å²) in [7, 11) is 0. The number of rotatable bonds is 6. The van der Waals surface area contributed by atoms with E-state index in [2.05, 4.69) is 10.6 Å². The van der Waals surface area contributed by atoms with Crippen molar-refractivity contribution in [1.29, 1.82) is 0 Å². The van der Waals surface area contributed by atoms with Gasteiger partial charge >= 0.3 is 0 Å². The van der Waals surface area contributed by atoms with E-state index in [1.54, 1.807) is 4.90 Å². The van der Waals surface area contributed by atoms with Crippen molar-refractivity contribution in [2.75, 3.05) is 37.7 Å². The maximum atomic E-state index is 12.3. The number of carbonyl (C=O) groups is 2. The molecule has 1 aromatic carbocycles. The third kappa shape index (κ3) is 3.47. The molecule has 1 atom stereocenters. The van der Waals surface area contributed by atoms with Gasteiger partial charge in [-0.1, -0.05) is 12.1 Å². The number of amides is 2. The molecule has 124 valence electrons. The molecule has 0 spiro atoms. The van der Waals surface area contributed by atoms with Crippen LogP contribution in [0.25, 0.3) is 0 Å². The Morgan fingerprint density at radius 1 is 1.39 bits per heavy atom. The second-order valence-corrected chi connectivity index (χ2v) is 6.08. The molecule has 0 radical (unpaired) electrons. The highest BCUT2D eigenvalue weighted by molar-refractivity contribution is 6.01. The van der Waals surface area contributed by atoms with E-state index in [1.807, 2.05) is 31.2 Å². The topological polar surface area (TPSA) is 70.7 Å². The van der Waals surface area contributed by atoms with Gasteiger partial charge in [0.15, 0.2) is 0 Å². The Morgan fingerprint density at radius 3 is 2.87 bits per heavy atom. The molecule has 6 heteroatoms. The van der Waals surface area contributed by atoms with Gasteiger partial charge in [-0.25, -0.2) is 0 Å². The van der Waals surface area contributed by atoms with Crippen LogP contribution in [-0.2, 0) is 9.59 Å². The summed E-state index contributed by atoms with van der Waals surface area (Å²) in [6.45, 7) is 5.46. The van der Waals surface area contributed by atoms with Gasteiger partial charge in [-0.3, -0.25) is 9.59 Å². The van der Waals surface area contributed by atoms with Crippen LogP contribution in [0.5, 0.6) is 5.75 Å². The fourth-order valence-electron chi connectivity index (χ4n) is 2.96. The van der Waals surface area contributed by atoms with Crippen LogP contribution in [0.3, 0.4) is 0 Å². The average molecular weight is 317 g/mol. The van der Waals surface area contributed by atoms with Gasteiger partial charge in [0.05, 0.1) is 18.2 Å². The molecule has 3 rings (SSSR count). The number of ether oxygens (including phenoxy) is 1. The van der Waals surface area contributed by atoms with Gasteiger partial charge in [-0.2, -0.15) is 0 Å². The van der Waals surface area contributed by atoms with Crippen LogP contribution in [0.1, 0.15) is 13.3 Å². The van der Waals surface area contributed by atoms with E-state index in [-0.39, 0.29) is 24.2 Å². The lowest BCUT2D eigenvalue weighted by Crippen LogP contribution is -2.49. The fraction of sp³-hybridized carbons (Fsp3) is 0.529. The predicted octanol–water partition coefficient (Wildman–Crippen LogP) is 0.774. The van der Waals surface area contributed by atoms with Crippen molar-refractivity contribution in [3.05, 3.63) is 24.3 Å². The van der Waals surface area contributed by atoms with Gasteiger partial charge < -0.3 is 20.3 Å². The SMILES string of the molecule is CCOc1ccccc1N1CC(C(=O)NCC2CNC2)CC1=O. The van der Waals surface area contributed by atoms with Crippen molar-refractivity contribution in [1.82, 2.24) is 10.6 Å². The number of nitrogens with zero attached hydrogens (tertiary/aromatic N) is 1. The van der Waals surface area contributed by atoms with Crippen molar-refractivity contribution in [3.8, 4) is 5.75 Å². The highest BCUT2D eigenvalue weighted by Gasteiger charge is 2.36. The summed E-state index contributed by atoms with van der Waals surface area (Å²) in [5.41, 5.74) is 0.748. The van der Waals surface area contributed by atoms with Crippen molar-refractivity contribution in [3.63, 3.8) is 0 Å². The van der Waals surface area contributed by atoms with Crippen molar-refractivity contribution in [2.45, 2.75) is 13.3 Å². The van der Waals surface area contributed by atoms with Crippen LogP contribution in [0, 0.1) is 11.8 Å². The van der Waals surface area contributed by atoms with Gasteiger partial charge in [0, 0.05) is 38.5 Å². The maximum absolute atomic E-state index is 12.3. The molecule has 2 heterocycles. The van der Waals surface area contributed by atoms with E-state index in [4.69, 9.17) is 4.74 Å². The monoisotopic (exact) mass is 317 g/mol. The van der Waals surface area contributed by atoms with Gasteiger partial charge in [0.1, 0.15) is 5.75 Å². The lowest BCUT2D eigenvalue weighted by molar-refractivity contribution is -0.126. The Bertz CT molecular complexity index is 586. The molecule has 23 heavy (non-hydrogen) atoms. The maximum Gasteiger partial charge on any atom is 0.227 e. The van der Waals surface area contributed by atoms with Crippen LogP contribution in [0.2, 0.25) is 0 Å². The highest BCUT2D eigenvalue weighted by atomic mass is 16.5. The van der Waals surface area contributed by atoms with E-state index in [1.165, 1.54) is 0 Å². The molecular formula is C17H23N3O3. The molecule has 2 amide bonds. The molecular weight excluding hydrogens is 294 g/mol. The largest absolute Gasteiger partial charge is 0.492 e. The Balaban J connectivity index is 1.63. The van der Waals surface area contributed by atoms with E-state index in [0.717, 1.165) is 18.8 Å². The normalized spacial score (nSPS) is 21.2. The molecule has 2 saturated heterocycles. The molecule has 2 aliphatic rings. The van der Waals surface area contributed by atoms with Crippen molar-refractivity contribution < 1.29 is 14.3 Å². The molecule has 6 nitrogen and oxygen atoms in total. The number of hydrogen-bond acceptors (Lipinski definition) is 4. The van der Waals surface area contributed by atoms with E-state index < -0.39 is 0 Å². The molecule has 0 saturated carbocycles. The summed E-state index contributed by atoms with van der Waals surface area (Å²) in [6.07, 6.45) is 0.259. The second-order valence-electron chi connectivity index (χ2n) is 6.08. The second kappa shape index (κ2) is 7.00. The van der Waals surface area contributed by atoms with Crippen molar-refractivity contribution in [2.24, 2.45) is 11.8 Å². The first-order chi connectivity index (χ1) is 11.2. The summed E-state index contributed by atoms with van der Waals surface area (Å²) in [4.78, 5) is 26.3. The van der Waals surface area contributed by atoms with Gasteiger partial charge in [0.25, 0.3) is 0 Å². The first-order valence-electron chi connectivity index (χ1n) is 8.19. The first-order valence-corrected chi connectivity index (χ1v) is 8.19. The van der Waals surface area contributed by atoms with Gasteiger partial charge in [-0.15, -0.1) is 0 Å². The quantitative estimate of drug-likeness (QED) is 0.813. The zero-order valence-corrected chi connectivity index (χ0v) is 13.4. The molecule has 0 aliphatic carbocycles. The zero-order chi connectivity index (χ0) is 16.2. The van der Waals surface area contributed by atoms with Gasteiger partial charge in [0.2, 0.25) is 11.8 Å². The standard InChI is InChI=1S/C17H23N3O3/c1-2-23-15-6-4-3-5-14(15)20-11-13(7-16(20)21)17(22)19-10-12-8-18-9-12/h3-6,12-13,18H,2,7-11H2,1H3,(H,19,22). The minimum Gasteiger partial charge on any atom is -0.492 e. The summed E-state index contributed by atoms with van der Waals surface area (Å²) >= 11 is 0. The van der Waals surface area contributed by atoms with Crippen molar-refractivity contribution >= 4 is 17.5 Å². The fourth-order valence-corrected chi connectivity index (χ4v) is 2.96. The molecule has 0 bridgehead atoms. The van der Waals surface area contributed by atoms with Crippen LogP contribution >= 0.6 is 0 Å². The Labute approximate surface area is 136 Å². The molecule has 1 aromatic rings. The number of benzene rings is 1. The van der Waals surface area contributed by atoms with E-state index in [0.29, 0.717) is 31.4 Å². The van der Waals surface area contributed by atoms with Crippen LogP contribution in [0.15, 0.2) is 24.3 Å². The number of hydrogen-bond donors (Lipinski definition) is 2.